The molecule has 3 heterocycles. The van der Waals surface area contributed by atoms with Crippen molar-refractivity contribution < 1.29 is 42.7 Å². The van der Waals surface area contributed by atoms with Gasteiger partial charge in [-0.05, 0) is 123 Å². The lowest BCUT2D eigenvalue weighted by atomic mass is 9.93. The summed E-state index contributed by atoms with van der Waals surface area (Å²) in [7, 11) is 2.12. The molecule has 1 aliphatic heterocycles. The Hall–Kier alpha value is -7.86. The molecular formula is C63H79FN12O8S2. The van der Waals surface area contributed by atoms with Gasteiger partial charge in [0, 0.05) is 65.8 Å². The first-order chi connectivity index (χ1) is 41.1. The van der Waals surface area contributed by atoms with E-state index in [4.69, 9.17) is 17.2 Å². The zero-order chi connectivity index (χ0) is 62.1. The Bertz CT molecular complexity index is 3330. The predicted molar refractivity (Wildman–Crippen MR) is 334 cm³/mol. The van der Waals surface area contributed by atoms with Crippen molar-refractivity contribution in [2.45, 2.75) is 140 Å². The summed E-state index contributed by atoms with van der Waals surface area (Å²) in [6.07, 6.45) is 5.65. The molecule has 0 spiro atoms. The van der Waals surface area contributed by atoms with Crippen LogP contribution in [0.1, 0.15) is 82.6 Å². The number of aromatic amines is 1. The maximum atomic E-state index is 15.6. The number of nitrogens with one attached hydrogen (secondary N) is 7. The van der Waals surface area contributed by atoms with Gasteiger partial charge in [-0.25, -0.2) is 4.39 Å². The average Bonchev–Trinajstić information content (AvgIpc) is 1.47. The topological polar surface area (TPSA) is 319 Å². The van der Waals surface area contributed by atoms with Gasteiger partial charge in [-0.1, -0.05) is 114 Å². The van der Waals surface area contributed by atoms with Crippen LogP contribution in [-0.2, 0) is 64.0 Å². The third-order valence-corrected chi connectivity index (χ3v) is 17.2. The number of nitrogens with zero attached hydrogens (tertiary/aromatic N) is 2. The van der Waals surface area contributed by atoms with E-state index in [-0.39, 0.29) is 62.5 Å². The number of hydrogen-bond donors (Lipinski definition) is 10. The van der Waals surface area contributed by atoms with Crippen molar-refractivity contribution in [1.82, 2.24) is 46.8 Å². The molecule has 0 saturated carbocycles. The van der Waals surface area contributed by atoms with Crippen molar-refractivity contribution in [3.8, 4) is 0 Å². The standard InChI is InChI=1S/C63H79FN12O8S2/c1-37(2)27-54-61(83)75-53(59(81)71-49(55(67)77)30-39-19-22-41-14-6-7-15-42(41)28-39)36-86-85-35-52(74-56(78)46(66)29-38-20-23-44(64)24-21-38)60(82)72-50(31-40-13-12-26-68-33-40)57(79)73-51(32-43-34-69-47-17-9-8-16-45(43)47)58(80)70-48(18-10-11-25-65)62(84)76(54)63(3,4)5/h6-9,12-17,19-24,26,28,33-34,37,46,48-54,69H,10-11,18,25,27,29-32,35-36,65-66H2,1-5H3,(H2,67,77)(H,70,80)(H,71,81)(H,72,82)(H,73,79)(H,74,78)(H,75,83)/t46-,48-,49-,50-,51+,52+,53-,54-/m0/s1. The third-order valence-electron chi connectivity index (χ3n) is 14.8. The molecule has 0 bridgehead atoms. The lowest BCUT2D eigenvalue weighted by Gasteiger charge is -2.44. The van der Waals surface area contributed by atoms with E-state index in [9.17, 15) is 23.6 Å². The molecule has 1 aliphatic rings. The Morgan fingerprint density at radius 2 is 1.41 bits per heavy atom. The second kappa shape index (κ2) is 31.0. The minimum absolute atomic E-state index is 0.0102. The molecule has 458 valence electrons. The van der Waals surface area contributed by atoms with E-state index < -0.39 is 107 Å². The number of hydrogen-bond acceptors (Lipinski definition) is 13. The smallest absolute Gasteiger partial charge is 0.246 e. The second-order valence-corrected chi connectivity index (χ2v) is 25.7. The quantitative estimate of drug-likeness (QED) is 0.0398. The van der Waals surface area contributed by atoms with Crippen LogP contribution < -0.4 is 49.1 Å². The van der Waals surface area contributed by atoms with Gasteiger partial charge in [-0.15, -0.1) is 0 Å². The molecule has 7 rings (SSSR count). The Kier molecular flexibility index (Phi) is 23.7. The maximum absolute atomic E-state index is 15.6. The van der Waals surface area contributed by atoms with E-state index in [1.165, 1.54) is 35.4 Å². The van der Waals surface area contributed by atoms with Gasteiger partial charge in [-0.2, -0.15) is 0 Å². The van der Waals surface area contributed by atoms with Crippen LogP contribution in [0.4, 0.5) is 4.39 Å². The SMILES string of the molecule is CC(C)C[C@H]1C(=O)N[C@H](C(=O)N[C@@H](Cc2ccc3ccccc3c2)C(N)=O)CSSC[C@@H](NC(=O)[C@@H](N)Cc2ccc(F)cc2)C(=O)N[C@@H](Cc2cccnc2)C(=O)N[C@H](Cc2c[nH]c3ccccc23)C(=O)N[C@@H](CCCCN)C(=O)N1C(C)(C)C. The van der Waals surface area contributed by atoms with Gasteiger partial charge in [0.25, 0.3) is 0 Å². The number of halogens is 1. The molecule has 4 aromatic carbocycles. The first kappa shape index (κ1) is 65.7. The highest BCUT2D eigenvalue weighted by Gasteiger charge is 2.43. The number of nitrogens with two attached hydrogens (primary N) is 3. The Labute approximate surface area is 508 Å². The van der Waals surface area contributed by atoms with Crippen LogP contribution >= 0.6 is 21.6 Å². The first-order valence-corrected chi connectivity index (χ1v) is 31.4. The molecule has 1 saturated heterocycles. The Morgan fingerprint density at radius 3 is 2.09 bits per heavy atom. The minimum Gasteiger partial charge on any atom is -0.368 e. The van der Waals surface area contributed by atoms with Crippen LogP contribution in [0.5, 0.6) is 0 Å². The van der Waals surface area contributed by atoms with E-state index in [0.29, 0.717) is 35.1 Å². The maximum Gasteiger partial charge on any atom is 0.246 e. The molecule has 0 unspecified atom stereocenters. The number of primary amides is 1. The molecule has 8 amide bonds. The number of carbonyl (C=O) groups excluding carboxylic acids is 8. The largest absolute Gasteiger partial charge is 0.368 e. The van der Waals surface area contributed by atoms with Crippen molar-refractivity contribution in [1.29, 1.82) is 0 Å². The molecule has 0 aliphatic carbocycles. The fourth-order valence-electron chi connectivity index (χ4n) is 10.4. The average molecular weight is 1220 g/mol. The molecular weight excluding hydrogens is 1140 g/mol. The summed E-state index contributed by atoms with van der Waals surface area (Å²) >= 11 is 0. The lowest BCUT2D eigenvalue weighted by molar-refractivity contribution is -0.150. The number of rotatable bonds is 19. The van der Waals surface area contributed by atoms with Crippen LogP contribution in [0.3, 0.4) is 0 Å². The number of carbonyl (C=O) groups is 8. The van der Waals surface area contributed by atoms with E-state index in [2.05, 4.69) is 41.9 Å². The summed E-state index contributed by atoms with van der Waals surface area (Å²) in [5.41, 5.74) is 20.5. The van der Waals surface area contributed by atoms with Gasteiger partial charge in [-0.3, -0.25) is 43.3 Å². The highest BCUT2D eigenvalue weighted by atomic mass is 33.1. The third kappa shape index (κ3) is 18.6. The van der Waals surface area contributed by atoms with Gasteiger partial charge >= 0.3 is 0 Å². The van der Waals surface area contributed by atoms with E-state index in [1.54, 1.807) is 45.3 Å². The molecule has 13 N–H and O–H groups in total. The number of para-hydroxylation sites is 1. The number of H-pyrrole nitrogens is 1. The van der Waals surface area contributed by atoms with Gasteiger partial charge in [0.2, 0.25) is 47.3 Å². The van der Waals surface area contributed by atoms with E-state index in [0.717, 1.165) is 43.3 Å². The summed E-state index contributed by atoms with van der Waals surface area (Å²) in [5, 5.41) is 19.8. The zero-order valence-corrected chi connectivity index (χ0v) is 50.7. The predicted octanol–water partition coefficient (Wildman–Crippen LogP) is 4.41. The Balaban J connectivity index is 1.31. The van der Waals surface area contributed by atoms with Crippen LogP contribution in [0.25, 0.3) is 21.7 Å². The highest BCUT2D eigenvalue weighted by molar-refractivity contribution is 8.76. The number of unbranched alkanes of at least 4 members (excludes halogenated alkanes) is 1. The fourth-order valence-corrected chi connectivity index (χ4v) is 12.7. The number of pyridine rings is 1. The molecule has 0 radical (unpaired) electrons. The van der Waals surface area contributed by atoms with Gasteiger partial charge < -0.3 is 59.0 Å². The van der Waals surface area contributed by atoms with E-state index >= 15 is 19.2 Å². The van der Waals surface area contributed by atoms with Crippen LogP contribution in [0.15, 0.2) is 122 Å². The van der Waals surface area contributed by atoms with Crippen molar-refractivity contribution in [3.63, 3.8) is 0 Å². The number of amides is 8. The number of benzene rings is 4. The van der Waals surface area contributed by atoms with Crippen LogP contribution in [0.2, 0.25) is 0 Å². The highest BCUT2D eigenvalue weighted by Crippen LogP contribution is 2.28. The van der Waals surface area contributed by atoms with Crippen molar-refractivity contribution >= 4 is 90.5 Å². The monoisotopic (exact) mass is 1210 g/mol. The summed E-state index contributed by atoms with van der Waals surface area (Å²) < 4.78 is 13.9. The molecule has 2 aromatic heterocycles. The van der Waals surface area contributed by atoms with Gasteiger partial charge in [0.1, 0.15) is 48.1 Å². The molecule has 86 heavy (non-hydrogen) atoms. The van der Waals surface area contributed by atoms with Crippen molar-refractivity contribution in [3.05, 3.63) is 150 Å². The molecule has 23 heteroatoms. The fraction of sp³-hybridized carbons (Fsp3) is 0.413. The minimum atomic E-state index is -1.40. The molecule has 8 atom stereocenters. The number of aromatic nitrogens is 2. The Morgan fingerprint density at radius 1 is 0.744 bits per heavy atom. The molecule has 20 nitrogen and oxygen atoms in total. The van der Waals surface area contributed by atoms with Gasteiger partial charge in [0.15, 0.2) is 0 Å². The van der Waals surface area contributed by atoms with Gasteiger partial charge in [0.05, 0.1) is 6.04 Å². The van der Waals surface area contributed by atoms with Crippen molar-refractivity contribution in [2.24, 2.45) is 23.1 Å². The van der Waals surface area contributed by atoms with E-state index in [1.807, 2.05) is 80.6 Å². The lowest BCUT2D eigenvalue weighted by Crippen LogP contribution is -2.65. The summed E-state index contributed by atoms with van der Waals surface area (Å²) in [6, 6.07) is 19.0. The molecule has 1 fully saturated rings. The van der Waals surface area contributed by atoms with Crippen LogP contribution in [-0.4, -0.2) is 134 Å². The summed E-state index contributed by atoms with van der Waals surface area (Å²) in [5.74, 6) is -7.07. The molecule has 6 aromatic rings. The normalized spacial score (nSPS) is 20.5. The summed E-state index contributed by atoms with van der Waals surface area (Å²) in [6.45, 7) is 9.36. The van der Waals surface area contributed by atoms with Crippen molar-refractivity contribution in [2.75, 3.05) is 18.1 Å². The first-order valence-electron chi connectivity index (χ1n) is 28.9. The summed E-state index contributed by atoms with van der Waals surface area (Å²) in [4.78, 5) is 127. The van der Waals surface area contributed by atoms with Crippen LogP contribution in [0, 0.1) is 11.7 Å². The second-order valence-electron chi connectivity index (χ2n) is 23.1. The number of fused-ring (bicyclic) bond motifs is 2. The zero-order valence-electron chi connectivity index (χ0n) is 49.1.